The first-order valence-corrected chi connectivity index (χ1v) is 10.4. The van der Waals surface area contributed by atoms with E-state index < -0.39 is 11.2 Å². The van der Waals surface area contributed by atoms with E-state index in [9.17, 15) is 4.55 Å². The van der Waals surface area contributed by atoms with Gasteiger partial charge in [-0.15, -0.1) is 0 Å². The zero-order chi connectivity index (χ0) is 17.8. The Morgan fingerprint density at radius 1 is 1.00 bits per heavy atom. The van der Waals surface area contributed by atoms with Gasteiger partial charge in [0.05, 0.1) is 5.56 Å². The Morgan fingerprint density at radius 3 is 2.58 bits per heavy atom. The predicted octanol–water partition coefficient (Wildman–Crippen LogP) is 4.37. The lowest BCUT2D eigenvalue weighted by Gasteiger charge is -2.30. The standard InChI is InChI=1S/C21H23N3OS/c25-26(20-11-5-3-9-18(20)21-22-12-13-23-21)16-17-8-2-4-10-19(17)24-14-6-1-7-15-24/h2-5,8-13H,1,6-7,14-16H2,(H,22,23). The first kappa shape index (κ1) is 17.2. The van der Waals surface area contributed by atoms with Crippen LogP contribution in [0.4, 0.5) is 5.69 Å². The molecule has 2 heterocycles. The summed E-state index contributed by atoms with van der Waals surface area (Å²) in [6, 6.07) is 16.2. The van der Waals surface area contributed by atoms with E-state index in [0.29, 0.717) is 5.75 Å². The Bertz CT molecular complexity index is 844. The molecule has 1 fully saturated rings. The second-order valence-corrected chi connectivity index (χ2v) is 8.02. The number of benzene rings is 2. The van der Waals surface area contributed by atoms with Gasteiger partial charge in [-0.05, 0) is 48.6 Å². The maximum Gasteiger partial charge on any atom is 0.163 e. The third kappa shape index (κ3) is 3.64. The molecular formula is C21H23N3OS. The maximum absolute atomic E-state index is 13.2. The summed E-state index contributed by atoms with van der Waals surface area (Å²) in [4.78, 5) is 10.7. The zero-order valence-corrected chi connectivity index (χ0v) is 15.5. The molecule has 1 aliphatic rings. The third-order valence-corrected chi connectivity index (χ3v) is 6.28. The van der Waals surface area contributed by atoms with Gasteiger partial charge in [0.25, 0.3) is 0 Å². The molecule has 0 spiro atoms. The van der Waals surface area contributed by atoms with Crippen molar-refractivity contribution in [2.75, 3.05) is 18.0 Å². The van der Waals surface area contributed by atoms with Gasteiger partial charge in [0.15, 0.2) is 4.90 Å². The summed E-state index contributed by atoms with van der Waals surface area (Å²) in [5.74, 6) is 1.28. The normalized spacial score (nSPS) is 15.8. The van der Waals surface area contributed by atoms with Crippen molar-refractivity contribution in [3.8, 4) is 11.4 Å². The second-order valence-electron chi connectivity index (χ2n) is 6.60. The first-order valence-electron chi connectivity index (χ1n) is 9.13. The Balaban J connectivity index is 1.61. The number of rotatable bonds is 5. The molecule has 0 bridgehead atoms. The molecule has 0 radical (unpaired) electrons. The molecule has 1 unspecified atom stereocenters. The van der Waals surface area contributed by atoms with E-state index in [1.807, 2.05) is 30.3 Å². The average Bonchev–Trinajstić information content (AvgIpc) is 3.24. The lowest BCUT2D eigenvalue weighted by molar-refractivity contribution is 0.576. The highest BCUT2D eigenvalue weighted by Gasteiger charge is 2.22. The molecule has 0 amide bonds. The summed E-state index contributed by atoms with van der Waals surface area (Å²) in [6.45, 7) is 2.18. The molecule has 4 rings (SSSR count). The molecule has 0 aliphatic carbocycles. The maximum atomic E-state index is 13.2. The van der Waals surface area contributed by atoms with Crippen LogP contribution in [0.2, 0.25) is 0 Å². The van der Waals surface area contributed by atoms with Crippen LogP contribution >= 0.6 is 0 Å². The van der Waals surface area contributed by atoms with Crippen molar-refractivity contribution in [3.63, 3.8) is 0 Å². The van der Waals surface area contributed by atoms with Crippen LogP contribution < -0.4 is 4.90 Å². The van der Waals surface area contributed by atoms with E-state index in [2.05, 4.69) is 33.1 Å². The molecule has 3 aromatic rings. The number of hydrogen-bond donors (Lipinski definition) is 1. The molecule has 0 saturated carbocycles. The summed E-state index contributed by atoms with van der Waals surface area (Å²) in [5, 5.41) is 0. The molecule has 1 aliphatic heterocycles. The Hall–Kier alpha value is -2.24. The highest BCUT2D eigenvalue weighted by atomic mass is 32.2. The van der Waals surface area contributed by atoms with Crippen molar-refractivity contribution in [1.82, 2.24) is 9.97 Å². The number of piperidine rings is 1. The molecule has 26 heavy (non-hydrogen) atoms. The van der Waals surface area contributed by atoms with Crippen molar-refractivity contribution in [1.29, 1.82) is 0 Å². The summed E-state index contributed by atoms with van der Waals surface area (Å²) in [5.41, 5.74) is 3.30. The quantitative estimate of drug-likeness (QED) is 0.683. The van der Waals surface area contributed by atoms with Crippen molar-refractivity contribution in [3.05, 3.63) is 66.5 Å². The molecule has 1 N–H and O–H groups in total. The third-order valence-electron chi connectivity index (χ3n) is 4.86. The monoisotopic (exact) mass is 365 g/mol. The fourth-order valence-corrected chi connectivity index (χ4v) is 4.89. The number of H-pyrrole nitrogens is 1. The number of nitrogens with one attached hydrogen (secondary N) is 1. The molecule has 5 heteroatoms. The van der Waals surface area contributed by atoms with Gasteiger partial charge in [-0.1, -0.05) is 30.3 Å². The van der Waals surface area contributed by atoms with Gasteiger partial charge in [0.1, 0.15) is 11.6 Å². The molecule has 1 aromatic heterocycles. The minimum absolute atomic E-state index is 0.518. The van der Waals surface area contributed by atoms with Gasteiger partial charge in [0.2, 0.25) is 0 Å². The fourth-order valence-electron chi connectivity index (χ4n) is 3.57. The summed E-state index contributed by atoms with van der Waals surface area (Å²) < 4.78 is 13.2. The van der Waals surface area contributed by atoms with Crippen molar-refractivity contribution >= 4 is 16.9 Å². The van der Waals surface area contributed by atoms with Gasteiger partial charge in [-0.25, -0.2) is 4.98 Å². The minimum Gasteiger partial charge on any atom is -0.611 e. The van der Waals surface area contributed by atoms with Crippen LogP contribution in [-0.2, 0) is 16.9 Å². The largest absolute Gasteiger partial charge is 0.611 e. The fraction of sp³-hybridized carbons (Fsp3) is 0.286. The number of hydrogen-bond acceptors (Lipinski definition) is 3. The lowest BCUT2D eigenvalue weighted by Crippen LogP contribution is -2.30. The molecular weight excluding hydrogens is 342 g/mol. The summed E-state index contributed by atoms with van der Waals surface area (Å²) >= 11 is -1.13. The van der Waals surface area contributed by atoms with E-state index in [4.69, 9.17) is 0 Å². The lowest BCUT2D eigenvalue weighted by atomic mass is 10.1. The van der Waals surface area contributed by atoms with Crippen LogP contribution in [0.5, 0.6) is 0 Å². The van der Waals surface area contributed by atoms with Crippen molar-refractivity contribution < 1.29 is 4.55 Å². The number of imidazole rings is 1. The second kappa shape index (κ2) is 7.98. The SMILES string of the molecule is [O-][S+](Cc1ccccc1N1CCCCC1)c1ccccc1-c1ncc[nH]1. The van der Waals surface area contributed by atoms with E-state index >= 15 is 0 Å². The van der Waals surface area contributed by atoms with Crippen LogP contribution in [0.1, 0.15) is 24.8 Å². The topological polar surface area (TPSA) is 55.0 Å². The van der Waals surface area contributed by atoms with Crippen LogP contribution in [0.3, 0.4) is 0 Å². The first-order chi connectivity index (χ1) is 12.8. The highest BCUT2D eigenvalue weighted by molar-refractivity contribution is 7.90. The minimum atomic E-state index is -1.13. The van der Waals surface area contributed by atoms with Gasteiger partial charge >= 0.3 is 0 Å². The van der Waals surface area contributed by atoms with E-state index in [1.54, 1.807) is 12.4 Å². The molecule has 4 nitrogen and oxygen atoms in total. The Morgan fingerprint density at radius 2 is 1.77 bits per heavy atom. The average molecular weight is 366 g/mol. The number of nitrogens with zero attached hydrogens (tertiary/aromatic N) is 2. The highest BCUT2D eigenvalue weighted by Crippen LogP contribution is 2.31. The van der Waals surface area contributed by atoms with E-state index in [-0.39, 0.29) is 0 Å². The number of aromatic nitrogens is 2. The van der Waals surface area contributed by atoms with Gasteiger partial charge < -0.3 is 14.4 Å². The number of para-hydroxylation sites is 1. The number of anilines is 1. The van der Waals surface area contributed by atoms with Crippen LogP contribution in [0.15, 0.2) is 65.8 Å². The van der Waals surface area contributed by atoms with Crippen LogP contribution in [-0.4, -0.2) is 27.6 Å². The zero-order valence-electron chi connectivity index (χ0n) is 14.7. The van der Waals surface area contributed by atoms with E-state index in [0.717, 1.165) is 34.9 Å². The molecule has 2 aromatic carbocycles. The van der Waals surface area contributed by atoms with Crippen molar-refractivity contribution in [2.45, 2.75) is 29.9 Å². The molecule has 1 atom stereocenters. The predicted molar refractivity (Wildman–Crippen MR) is 107 cm³/mol. The van der Waals surface area contributed by atoms with Gasteiger partial charge in [-0.3, -0.25) is 0 Å². The van der Waals surface area contributed by atoms with E-state index in [1.165, 1.54) is 24.9 Å². The summed E-state index contributed by atoms with van der Waals surface area (Å²) in [7, 11) is 0. The Kier molecular flexibility index (Phi) is 5.27. The van der Waals surface area contributed by atoms with Crippen molar-refractivity contribution in [2.24, 2.45) is 0 Å². The number of aromatic amines is 1. The molecule has 1 saturated heterocycles. The van der Waals surface area contributed by atoms with Gasteiger partial charge in [0, 0.05) is 36.7 Å². The van der Waals surface area contributed by atoms with Crippen LogP contribution in [0, 0.1) is 0 Å². The van der Waals surface area contributed by atoms with Gasteiger partial charge in [-0.2, -0.15) is 0 Å². The smallest absolute Gasteiger partial charge is 0.163 e. The summed E-state index contributed by atoms with van der Waals surface area (Å²) in [6.07, 6.45) is 7.29. The molecule has 134 valence electrons. The Labute approximate surface area is 157 Å². The van der Waals surface area contributed by atoms with Crippen LogP contribution in [0.25, 0.3) is 11.4 Å².